The van der Waals surface area contributed by atoms with Crippen molar-refractivity contribution in [2.75, 3.05) is 12.4 Å². The molecule has 6 nitrogen and oxygen atoms in total. The number of methoxy groups -OCH3 is 1. The van der Waals surface area contributed by atoms with E-state index in [-0.39, 0.29) is 17.9 Å². The normalized spacial score (nSPS) is 19.4. The van der Waals surface area contributed by atoms with Crippen molar-refractivity contribution < 1.29 is 9.13 Å². The van der Waals surface area contributed by atoms with Gasteiger partial charge in [-0.05, 0) is 52.2 Å². The van der Waals surface area contributed by atoms with Crippen LogP contribution in [0.3, 0.4) is 0 Å². The molecule has 2 unspecified atom stereocenters. The number of ether oxygens (including phenoxy) is 1. The van der Waals surface area contributed by atoms with Gasteiger partial charge in [-0.25, -0.2) is 9.07 Å². The summed E-state index contributed by atoms with van der Waals surface area (Å²) in [6.45, 7) is 0. The topological polar surface area (TPSA) is 64.9 Å². The Labute approximate surface area is 138 Å². The highest BCUT2D eigenvalue weighted by Crippen LogP contribution is 2.37. The van der Waals surface area contributed by atoms with Gasteiger partial charge in [-0.2, -0.15) is 0 Å². The predicted octanol–water partition coefficient (Wildman–Crippen LogP) is 2.97. The van der Waals surface area contributed by atoms with E-state index in [1.54, 1.807) is 17.9 Å². The number of rotatable bonds is 3. The Kier molecular flexibility index (Phi) is 3.60. The van der Waals surface area contributed by atoms with Crippen molar-refractivity contribution >= 4 is 5.95 Å². The summed E-state index contributed by atoms with van der Waals surface area (Å²) < 4.78 is 20.7. The van der Waals surface area contributed by atoms with E-state index in [2.05, 4.69) is 20.8 Å². The van der Waals surface area contributed by atoms with Crippen LogP contribution in [0.5, 0.6) is 5.75 Å². The van der Waals surface area contributed by atoms with E-state index in [0.717, 1.165) is 16.9 Å². The number of benzene rings is 2. The number of fused-ring (bicyclic) bond motifs is 1. The van der Waals surface area contributed by atoms with Gasteiger partial charge in [0.15, 0.2) is 0 Å². The summed E-state index contributed by atoms with van der Waals surface area (Å²) in [7, 11) is 1.64. The monoisotopic (exact) mass is 325 g/mol. The van der Waals surface area contributed by atoms with Crippen molar-refractivity contribution in [1.82, 2.24) is 20.2 Å². The number of hydrogen-bond donors (Lipinski definition) is 1. The lowest BCUT2D eigenvalue weighted by molar-refractivity contribution is 0.408. The van der Waals surface area contributed by atoms with E-state index in [0.29, 0.717) is 12.4 Å². The average Bonchev–Trinajstić information content (AvgIpc) is 3.09. The summed E-state index contributed by atoms with van der Waals surface area (Å²) in [5, 5.41) is 15.2. The Morgan fingerprint density at radius 2 is 2.00 bits per heavy atom. The Balaban J connectivity index is 1.73. The first-order valence-electron chi connectivity index (χ1n) is 7.68. The number of tetrazole rings is 1. The first-order chi connectivity index (χ1) is 11.7. The van der Waals surface area contributed by atoms with Crippen molar-refractivity contribution in [2.45, 2.75) is 18.5 Å². The van der Waals surface area contributed by atoms with Gasteiger partial charge in [-0.3, -0.25) is 0 Å². The molecule has 2 heterocycles. The summed E-state index contributed by atoms with van der Waals surface area (Å²) in [6, 6.07) is 14.3. The van der Waals surface area contributed by atoms with Crippen molar-refractivity contribution in [2.24, 2.45) is 0 Å². The fourth-order valence-electron chi connectivity index (χ4n) is 3.11. The van der Waals surface area contributed by atoms with E-state index >= 15 is 0 Å². The molecule has 0 saturated heterocycles. The van der Waals surface area contributed by atoms with Gasteiger partial charge >= 0.3 is 0 Å². The molecule has 0 aliphatic carbocycles. The molecule has 3 aromatic rings. The number of aromatic nitrogens is 4. The molecular formula is C17H16FN5O. The number of nitrogens with one attached hydrogen (secondary N) is 1. The number of nitrogens with zero attached hydrogens (tertiary/aromatic N) is 4. The van der Waals surface area contributed by atoms with Crippen LogP contribution in [0.25, 0.3) is 0 Å². The van der Waals surface area contributed by atoms with Crippen LogP contribution in [-0.4, -0.2) is 27.3 Å². The minimum Gasteiger partial charge on any atom is -0.497 e. The molecular weight excluding hydrogens is 309 g/mol. The van der Waals surface area contributed by atoms with Crippen LogP contribution in [0, 0.1) is 5.82 Å². The lowest BCUT2D eigenvalue weighted by Crippen LogP contribution is -2.28. The zero-order chi connectivity index (χ0) is 16.5. The van der Waals surface area contributed by atoms with Gasteiger partial charge < -0.3 is 10.1 Å². The molecule has 24 heavy (non-hydrogen) atoms. The van der Waals surface area contributed by atoms with Crippen LogP contribution in [0.4, 0.5) is 10.3 Å². The van der Waals surface area contributed by atoms with Crippen LogP contribution in [0.2, 0.25) is 0 Å². The zero-order valence-electron chi connectivity index (χ0n) is 13.1. The quantitative estimate of drug-likeness (QED) is 0.802. The third kappa shape index (κ3) is 2.58. The highest BCUT2D eigenvalue weighted by atomic mass is 19.1. The van der Waals surface area contributed by atoms with Gasteiger partial charge in [-0.15, -0.1) is 0 Å². The van der Waals surface area contributed by atoms with E-state index in [1.807, 2.05) is 30.3 Å². The highest BCUT2D eigenvalue weighted by molar-refractivity contribution is 5.39. The van der Waals surface area contributed by atoms with Crippen molar-refractivity contribution in [3.63, 3.8) is 0 Å². The average molecular weight is 325 g/mol. The maximum Gasteiger partial charge on any atom is 0.243 e. The Morgan fingerprint density at radius 3 is 2.83 bits per heavy atom. The van der Waals surface area contributed by atoms with Crippen molar-refractivity contribution in [3.05, 3.63) is 65.5 Å². The van der Waals surface area contributed by atoms with Gasteiger partial charge in [0.25, 0.3) is 0 Å². The standard InChI is InChI=1S/C17H16FN5O/c1-24-14-7-3-4-11(9-14)15-10-16(12-5-2-6-13(18)8-12)23-17(19-15)20-21-22-23/h2-9,15-16H,10H2,1H3,(H,19,20,22). The van der Waals surface area contributed by atoms with Gasteiger partial charge in [0.05, 0.1) is 19.2 Å². The van der Waals surface area contributed by atoms with Crippen LogP contribution in [0.1, 0.15) is 29.6 Å². The molecule has 0 fully saturated rings. The second-order valence-electron chi connectivity index (χ2n) is 5.73. The molecule has 4 rings (SSSR count). The fourth-order valence-corrected chi connectivity index (χ4v) is 3.11. The zero-order valence-corrected chi connectivity index (χ0v) is 13.1. The van der Waals surface area contributed by atoms with Gasteiger partial charge in [-0.1, -0.05) is 29.4 Å². The molecule has 0 radical (unpaired) electrons. The molecule has 1 aliphatic heterocycles. The molecule has 0 amide bonds. The molecule has 7 heteroatoms. The smallest absolute Gasteiger partial charge is 0.243 e. The Bertz CT molecular complexity index is 865. The first-order valence-corrected chi connectivity index (χ1v) is 7.68. The van der Waals surface area contributed by atoms with Crippen LogP contribution >= 0.6 is 0 Å². The Morgan fingerprint density at radius 1 is 1.17 bits per heavy atom. The van der Waals surface area contributed by atoms with Gasteiger partial charge in [0.2, 0.25) is 5.95 Å². The van der Waals surface area contributed by atoms with Gasteiger partial charge in [0.1, 0.15) is 11.6 Å². The molecule has 0 spiro atoms. The highest BCUT2D eigenvalue weighted by Gasteiger charge is 2.30. The maximum atomic E-state index is 13.6. The summed E-state index contributed by atoms with van der Waals surface area (Å²) in [4.78, 5) is 0. The summed E-state index contributed by atoms with van der Waals surface area (Å²) in [5.74, 6) is 1.10. The minimum absolute atomic E-state index is 0.00636. The van der Waals surface area contributed by atoms with Crippen LogP contribution < -0.4 is 10.1 Å². The largest absolute Gasteiger partial charge is 0.497 e. The Hall–Kier alpha value is -2.96. The number of anilines is 1. The SMILES string of the molecule is COc1cccc(C2CC(c3cccc(F)c3)n3nnnc3N2)c1. The second-order valence-corrected chi connectivity index (χ2v) is 5.73. The molecule has 0 saturated carbocycles. The molecule has 2 atom stereocenters. The second kappa shape index (κ2) is 5.92. The number of halogens is 1. The fraction of sp³-hybridized carbons (Fsp3) is 0.235. The third-order valence-electron chi connectivity index (χ3n) is 4.28. The molecule has 122 valence electrons. The van der Waals surface area contributed by atoms with Gasteiger partial charge in [0, 0.05) is 0 Å². The van der Waals surface area contributed by atoms with E-state index < -0.39 is 0 Å². The van der Waals surface area contributed by atoms with Crippen LogP contribution in [-0.2, 0) is 0 Å². The van der Waals surface area contributed by atoms with E-state index in [1.165, 1.54) is 12.1 Å². The minimum atomic E-state index is -0.265. The molecule has 1 aliphatic rings. The van der Waals surface area contributed by atoms with Crippen molar-refractivity contribution in [1.29, 1.82) is 0 Å². The maximum absolute atomic E-state index is 13.6. The first kappa shape index (κ1) is 14.6. The number of hydrogen-bond acceptors (Lipinski definition) is 5. The van der Waals surface area contributed by atoms with E-state index in [4.69, 9.17) is 4.74 Å². The molecule has 0 bridgehead atoms. The summed E-state index contributed by atoms with van der Waals surface area (Å²) >= 11 is 0. The summed E-state index contributed by atoms with van der Waals surface area (Å²) in [6.07, 6.45) is 0.703. The lowest BCUT2D eigenvalue weighted by Gasteiger charge is -2.31. The molecule has 2 aromatic carbocycles. The predicted molar refractivity (Wildman–Crippen MR) is 86.3 cm³/mol. The summed E-state index contributed by atoms with van der Waals surface area (Å²) in [5.41, 5.74) is 1.92. The molecule has 1 aromatic heterocycles. The van der Waals surface area contributed by atoms with Crippen LogP contribution in [0.15, 0.2) is 48.5 Å². The van der Waals surface area contributed by atoms with E-state index in [9.17, 15) is 4.39 Å². The third-order valence-corrected chi connectivity index (χ3v) is 4.28. The lowest BCUT2D eigenvalue weighted by atomic mass is 9.93. The van der Waals surface area contributed by atoms with Crippen molar-refractivity contribution in [3.8, 4) is 5.75 Å². The molecule has 1 N–H and O–H groups in total.